The summed E-state index contributed by atoms with van der Waals surface area (Å²) in [5.74, 6) is 1.90. The molecule has 0 radical (unpaired) electrons. The van der Waals surface area contributed by atoms with Crippen molar-refractivity contribution < 1.29 is 9.26 Å². The van der Waals surface area contributed by atoms with Crippen molar-refractivity contribution in [1.82, 2.24) is 10.1 Å². The molecule has 2 rings (SSSR count). The highest BCUT2D eigenvalue weighted by atomic mass is 35.5. The van der Waals surface area contributed by atoms with E-state index in [1.54, 1.807) is 7.11 Å². The number of hydrogen-bond donors (Lipinski definition) is 0. The van der Waals surface area contributed by atoms with Crippen LogP contribution in [-0.2, 0) is 5.88 Å². The van der Waals surface area contributed by atoms with Crippen LogP contribution < -0.4 is 4.74 Å². The van der Waals surface area contributed by atoms with Crippen molar-refractivity contribution in [2.45, 2.75) is 5.88 Å². The molecule has 0 unspecified atom stereocenters. The highest BCUT2D eigenvalue weighted by Gasteiger charge is 2.07. The lowest BCUT2D eigenvalue weighted by atomic mass is 10.2. The maximum Gasteiger partial charge on any atom is 0.241 e. The molecule has 0 spiro atoms. The minimum Gasteiger partial charge on any atom is -0.497 e. The number of aromatic nitrogens is 2. The monoisotopic (exact) mass is 224 g/mol. The number of alkyl halides is 1. The van der Waals surface area contributed by atoms with Gasteiger partial charge < -0.3 is 9.26 Å². The Bertz CT molecular complexity index is 456. The second kappa shape index (κ2) is 4.31. The summed E-state index contributed by atoms with van der Waals surface area (Å²) in [5.41, 5.74) is 0.842. The fraction of sp³-hybridized carbons (Fsp3) is 0.200. The van der Waals surface area contributed by atoms with Crippen LogP contribution in [0.2, 0.25) is 0 Å². The van der Waals surface area contributed by atoms with Crippen LogP contribution in [0.3, 0.4) is 0 Å². The largest absolute Gasteiger partial charge is 0.497 e. The second-order valence-corrected chi connectivity index (χ2v) is 3.14. The number of methoxy groups -OCH3 is 1. The average molecular weight is 225 g/mol. The molecule has 0 amide bonds. The lowest BCUT2D eigenvalue weighted by Crippen LogP contribution is -1.85. The molecule has 1 heterocycles. The molecule has 0 saturated carbocycles. The van der Waals surface area contributed by atoms with Gasteiger partial charge in [0.25, 0.3) is 0 Å². The Labute approximate surface area is 91.8 Å². The molecular formula is C10H9ClN2O2. The van der Waals surface area contributed by atoms with Crippen LogP contribution in [0.4, 0.5) is 0 Å². The quantitative estimate of drug-likeness (QED) is 0.752. The minimum absolute atomic E-state index is 0.219. The third-order valence-electron chi connectivity index (χ3n) is 1.91. The van der Waals surface area contributed by atoms with Gasteiger partial charge in [0.05, 0.1) is 7.11 Å². The smallest absolute Gasteiger partial charge is 0.241 e. The molecule has 2 aromatic rings. The second-order valence-electron chi connectivity index (χ2n) is 2.88. The van der Waals surface area contributed by atoms with Gasteiger partial charge in [-0.05, 0) is 12.1 Å². The van der Waals surface area contributed by atoms with E-state index in [9.17, 15) is 0 Å². The Morgan fingerprint density at radius 3 is 3.00 bits per heavy atom. The van der Waals surface area contributed by atoms with Crippen LogP contribution in [0, 0.1) is 0 Å². The van der Waals surface area contributed by atoms with Gasteiger partial charge in [-0.25, -0.2) is 0 Å². The molecule has 0 aliphatic rings. The summed E-state index contributed by atoms with van der Waals surface area (Å²) in [4.78, 5) is 4.11. The minimum atomic E-state index is 0.219. The summed E-state index contributed by atoms with van der Waals surface area (Å²) in [6.07, 6.45) is 0. The third kappa shape index (κ3) is 2.10. The standard InChI is InChI=1S/C10H9ClN2O2/c1-14-8-4-2-3-7(5-8)10-12-9(6-11)15-13-10/h2-5H,6H2,1H3. The molecular weight excluding hydrogens is 216 g/mol. The lowest BCUT2D eigenvalue weighted by molar-refractivity contribution is 0.391. The Morgan fingerprint density at radius 1 is 1.47 bits per heavy atom. The van der Waals surface area contributed by atoms with Gasteiger partial charge in [0.15, 0.2) is 0 Å². The first-order valence-corrected chi connectivity index (χ1v) is 4.90. The van der Waals surface area contributed by atoms with Gasteiger partial charge in [0, 0.05) is 5.56 Å². The normalized spacial score (nSPS) is 10.3. The van der Waals surface area contributed by atoms with Crippen LogP contribution in [0.1, 0.15) is 5.89 Å². The summed E-state index contributed by atoms with van der Waals surface area (Å²) in [7, 11) is 1.61. The summed E-state index contributed by atoms with van der Waals surface area (Å²) in [6.45, 7) is 0. The molecule has 0 atom stereocenters. The third-order valence-corrected chi connectivity index (χ3v) is 2.14. The van der Waals surface area contributed by atoms with E-state index in [1.165, 1.54) is 0 Å². The van der Waals surface area contributed by atoms with E-state index in [2.05, 4.69) is 10.1 Å². The van der Waals surface area contributed by atoms with Crippen molar-refractivity contribution >= 4 is 11.6 Å². The van der Waals surface area contributed by atoms with Crippen molar-refractivity contribution in [3.63, 3.8) is 0 Å². The first kappa shape index (κ1) is 9.98. The molecule has 1 aromatic carbocycles. The molecule has 0 N–H and O–H groups in total. The number of nitrogens with zero attached hydrogens (tertiary/aromatic N) is 2. The first-order valence-electron chi connectivity index (χ1n) is 4.36. The van der Waals surface area contributed by atoms with E-state index < -0.39 is 0 Å². The van der Waals surface area contributed by atoms with Gasteiger partial charge in [-0.2, -0.15) is 4.98 Å². The summed E-state index contributed by atoms with van der Waals surface area (Å²) in [6, 6.07) is 7.44. The molecule has 5 heteroatoms. The van der Waals surface area contributed by atoms with Gasteiger partial charge in [-0.1, -0.05) is 17.3 Å². The number of rotatable bonds is 3. The van der Waals surface area contributed by atoms with Gasteiger partial charge in [0.1, 0.15) is 11.6 Å². The van der Waals surface area contributed by atoms with Gasteiger partial charge in [0.2, 0.25) is 11.7 Å². The van der Waals surface area contributed by atoms with Crippen LogP contribution in [0.25, 0.3) is 11.4 Å². The molecule has 0 saturated heterocycles. The van der Waals surface area contributed by atoms with E-state index in [1.807, 2.05) is 24.3 Å². The molecule has 15 heavy (non-hydrogen) atoms. The van der Waals surface area contributed by atoms with Crippen molar-refractivity contribution in [3.8, 4) is 17.1 Å². The Balaban J connectivity index is 2.35. The molecule has 4 nitrogen and oxygen atoms in total. The maximum absolute atomic E-state index is 5.57. The zero-order valence-corrected chi connectivity index (χ0v) is 8.86. The first-order chi connectivity index (χ1) is 7.33. The van der Waals surface area contributed by atoms with E-state index in [4.69, 9.17) is 20.9 Å². The number of halogens is 1. The predicted octanol–water partition coefficient (Wildman–Crippen LogP) is 2.48. The van der Waals surface area contributed by atoms with Crippen LogP contribution in [-0.4, -0.2) is 17.3 Å². The zero-order valence-electron chi connectivity index (χ0n) is 8.11. The zero-order chi connectivity index (χ0) is 10.7. The molecule has 78 valence electrons. The van der Waals surface area contributed by atoms with Crippen LogP contribution in [0.15, 0.2) is 28.8 Å². The van der Waals surface area contributed by atoms with Crippen molar-refractivity contribution in [2.75, 3.05) is 7.11 Å². The molecule has 0 fully saturated rings. The Hall–Kier alpha value is -1.55. The van der Waals surface area contributed by atoms with Gasteiger partial charge in [-0.15, -0.1) is 11.6 Å². The summed E-state index contributed by atoms with van der Waals surface area (Å²) >= 11 is 5.57. The Kier molecular flexibility index (Phi) is 2.87. The van der Waals surface area contributed by atoms with E-state index in [-0.39, 0.29) is 5.88 Å². The lowest BCUT2D eigenvalue weighted by Gasteiger charge is -1.99. The molecule has 0 aliphatic heterocycles. The molecule has 0 aliphatic carbocycles. The van der Waals surface area contributed by atoms with E-state index in [0.29, 0.717) is 11.7 Å². The summed E-state index contributed by atoms with van der Waals surface area (Å²) < 4.78 is 10.0. The number of benzene rings is 1. The predicted molar refractivity (Wildman–Crippen MR) is 55.8 cm³/mol. The summed E-state index contributed by atoms with van der Waals surface area (Å²) in [5, 5.41) is 3.81. The fourth-order valence-corrected chi connectivity index (χ4v) is 1.30. The SMILES string of the molecule is COc1cccc(-c2noc(CCl)n2)c1. The highest BCUT2D eigenvalue weighted by Crippen LogP contribution is 2.21. The van der Waals surface area contributed by atoms with Gasteiger partial charge in [-0.3, -0.25) is 0 Å². The van der Waals surface area contributed by atoms with Crippen molar-refractivity contribution in [3.05, 3.63) is 30.2 Å². The number of ether oxygens (including phenoxy) is 1. The van der Waals surface area contributed by atoms with E-state index in [0.717, 1.165) is 11.3 Å². The molecule has 1 aromatic heterocycles. The van der Waals surface area contributed by atoms with Gasteiger partial charge >= 0.3 is 0 Å². The fourth-order valence-electron chi connectivity index (χ4n) is 1.19. The van der Waals surface area contributed by atoms with Crippen molar-refractivity contribution in [2.24, 2.45) is 0 Å². The maximum atomic E-state index is 5.57. The van der Waals surface area contributed by atoms with Crippen LogP contribution in [0.5, 0.6) is 5.75 Å². The number of hydrogen-bond acceptors (Lipinski definition) is 4. The highest BCUT2D eigenvalue weighted by molar-refractivity contribution is 6.16. The van der Waals surface area contributed by atoms with Crippen molar-refractivity contribution in [1.29, 1.82) is 0 Å². The molecule has 0 bridgehead atoms. The average Bonchev–Trinajstić information content (AvgIpc) is 2.78. The Morgan fingerprint density at radius 2 is 2.33 bits per heavy atom. The van der Waals surface area contributed by atoms with E-state index >= 15 is 0 Å². The van der Waals surface area contributed by atoms with Crippen LogP contribution >= 0.6 is 11.6 Å². The topological polar surface area (TPSA) is 48.2 Å².